The summed E-state index contributed by atoms with van der Waals surface area (Å²) < 4.78 is 33.1. The normalized spacial score (nSPS) is 17.1. The fraction of sp³-hybridized carbons (Fsp3) is 0.522. The molecule has 346 valence electrons. The number of H-pyrrole nitrogens is 2. The van der Waals surface area contributed by atoms with Crippen LogP contribution in [0.2, 0.25) is 0 Å². The number of hydrogen-bond donors (Lipinski definition) is 4. The van der Waals surface area contributed by atoms with E-state index in [-0.39, 0.29) is 48.9 Å². The molecule has 0 saturated carbocycles. The molecule has 6 rings (SSSR count). The molecule has 2 aromatic heterocycles. The summed E-state index contributed by atoms with van der Waals surface area (Å²) in [7, 11) is 5.79. The van der Waals surface area contributed by atoms with Gasteiger partial charge in [0.15, 0.2) is 0 Å². The van der Waals surface area contributed by atoms with Crippen molar-refractivity contribution in [2.75, 3.05) is 68.0 Å². The third kappa shape index (κ3) is 11.0. The van der Waals surface area contributed by atoms with Crippen molar-refractivity contribution in [1.82, 2.24) is 40.4 Å². The molecule has 4 atom stereocenters. The highest BCUT2D eigenvalue weighted by molar-refractivity contribution is 5.87. The van der Waals surface area contributed by atoms with Crippen molar-refractivity contribution in [1.29, 1.82) is 0 Å². The second kappa shape index (κ2) is 22.0. The van der Waals surface area contributed by atoms with E-state index in [1.807, 2.05) is 64.1 Å². The van der Waals surface area contributed by atoms with Crippen LogP contribution in [0.25, 0.3) is 33.6 Å². The van der Waals surface area contributed by atoms with Crippen LogP contribution >= 0.6 is 0 Å². The number of ether oxygens (including phenoxy) is 6. The second-order valence-electron chi connectivity index (χ2n) is 16.6. The lowest BCUT2D eigenvalue weighted by Crippen LogP contribution is -2.51. The predicted octanol–water partition coefficient (Wildman–Crippen LogP) is 6.27. The SMILES string of the molecule is COCCOc1cc(-c2cnc(C3CCCN3C(=O)C(NC(=O)OC)C(C)C)[nH]2)cc(OCCOC)c1-c1ccc(-c2cnc(C3CCCN3C(=O)C(NC(=O)OC)C(C)C)[nH]2)cc1. The van der Waals surface area contributed by atoms with Gasteiger partial charge in [-0.25, -0.2) is 19.6 Å². The first-order valence-electron chi connectivity index (χ1n) is 21.8. The number of carbonyl (C=O) groups excluding carboxylic acids is 4. The van der Waals surface area contributed by atoms with E-state index < -0.39 is 24.3 Å². The number of hydrogen-bond acceptors (Lipinski definition) is 12. The largest absolute Gasteiger partial charge is 0.490 e. The molecule has 4 aromatic rings. The topological polar surface area (TPSA) is 212 Å². The van der Waals surface area contributed by atoms with E-state index >= 15 is 0 Å². The molecule has 4 unspecified atom stereocenters. The molecule has 0 radical (unpaired) electrons. The van der Waals surface area contributed by atoms with Crippen LogP contribution in [-0.2, 0) is 28.5 Å². The van der Waals surface area contributed by atoms with E-state index in [1.54, 1.807) is 36.4 Å². The molecule has 18 nitrogen and oxygen atoms in total. The smallest absolute Gasteiger partial charge is 0.407 e. The van der Waals surface area contributed by atoms with Gasteiger partial charge in [0.2, 0.25) is 11.8 Å². The number of nitrogens with one attached hydrogen (secondary N) is 4. The van der Waals surface area contributed by atoms with Gasteiger partial charge in [0.05, 0.1) is 68.9 Å². The van der Waals surface area contributed by atoms with E-state index in [0.29, 0.717) is 61.6 Å². The quantitative estimate of drug-likeness (QED) is 0.0768. The summed E-state index contributed by atoms with van der Waals surface area (Å²) in [5.41, 5.74) is 4.71. The molecule has 64 heavy (non-hydrogen) atoms. The summed E-state index contributed by atoms with van der Waals surface area (Å²) in [5.74, 6) is 1.78. The Morgan fingerprint density at radius 1 is 0.641 bits per heavy atom. The molecule has 2 aromatic carbocycles. The van der Waals surface area contributed by atoms with Gasteiger partial charge < -0.3 is 58.8 Å². The first kappa shape index (κ1) is 47.3. The Balaban J connectivity index is 1.28. The lowest BCUT2D eigenvalue weighted by atomic mass is 9.98. The molecule has 2 fully saturated rings. The van der Waals surface area contributed by atoms with Crippen LogP contribution in [0.5, 0.6) is 11.5 Å². The maximum Gasteiger partial charge on any atom is 0.407 e. The Kier molecular flexibility index (Phi) is 16.3. The van der Waals surface area contributed by atoms with E-state index in [1.165, 1.54) is 14.2 Å². The summed E-state index contributed by atoms with van der Waals surface area (Å²) in [4.78, 5) is 71.6. The Morgan fingerprint density at radius 2 is 1.06 bits per heavy atom. The zero-order valence-corrected chi connectivity index (χ0v) is 38.0. The van der Waals surface area contributed by atoms with Gasteiger partial charge in [0.25, 0.3) is 0 Å². The highest BCUT2D eigenvalue weighted by atomic mass is 16.5. The van der Waals surface area contributed by atoms with E-state index in [4.69, 9.17) is 38.4 Å². The van der Waals surface area contributed by atoms with Crippen molar-refractivity contribution >= 4 is 24.0 Å². The maximum absolute atomic E-state index is 13.8. The molecular weight excluding hydrogens is 825 g/mol. The number of amides is 4. The van der Waals surface area contributed by atoms with Crippen molar-refractivity contribution in [2.24, 2.45) is 11.8 Å². The molecule has 4 heterocycles. The summed E-state index contributed by atoms with van der Waals surface area (Å²) in [6.45, 7) is 9.91. The summed E-state index contributed by atoms with van der Waals surface area (Å²) in [6, 6.07) is 9.79. The van der Waals surface area contributed by atoms with Gasteiger partial charge in [-0.05, 0) is 60.8 Å². The minimum absolute atomic E-state index is 0.140. The Hall–Kier alpha value is -6.14. The third-order valence-corrected chi connectivity index (χ3v) is 11.6. The van der Waals surface area contributed by atoms with Crippen LogP contribution in [-0.4, -0.2) is 134 Å². The zero-order chi connectivity index (χ0) is 45.9. The van der Waals surface area contributed by atoms with Gasteiger partial charge in [-0.1, -0.05) is 52.0 Å². The number of rotatable bonds is 19. The number of nitrogens with zero attached hydrogens (tertiary/aromatic N) is 4. The lowest BCUT2D eigenvalue weighted by molar-refractivity contribution is -0.136. The molecular formula is C46H62N8O10. The van der Waals surface area contributed by atoms with Crippen LogP contribution in [0.15, 0.2) is 48.8 Å². The number of imidazole rings is 2. The van der Waals surface area contributed by atoms with Crippen LogP contribution in [0.1, 0.15) is 77.1 Å². The fourth-order valence-corrected chi connectivity index (χ4v) is 8.24. The van der Waals surface area contributed by atoms with Crippen molar-refractivity contribution in [3.63, 3.8) is 0 Å². The number of methoxy groups -OCH3 is 4. The monoisotopic (exact) mass is 886 g/mol. The van der Waals surface area contributed by atoms with Gasteiger partial charge >= 0.3 is 12.2 Å². The Morgan fingerprint density at radius 3 is 1.47 bits per heavy atom. The Bertz CT molecular complexity index is 2170. The minimum atomic E-state index is -0.748. The van der Waals surface area contributed by atoms with Gasteiger partial charge in [0, 0.05) is 32.9 Å². The molecule has 0 bridgehead atoms. The summed E-state index contributed by atoms with van der Waals surface area (Å²) in [6.07, 6.45) is 5.26. The van der Waals surface area contributed by atoms with E-state index in [0.717, 1.165) is 47.2 Å². The molecule has 2 aliphatic rings. The molecule has 2 saturated heterocycles. The van der Waals surface area contributed by atoms with Crippen molar-refractivity contribution in [3.8, 4) is 45.1 Å². The number of aromatic amines is 2. The highest BCUT2D eigenvalue weighted by Gasteiger charge is 2.39. The third-order valence-electron chi connectivity index (χ3n) is 11.6. The number of aromatic nitrogens is 4. The van der Waals surface area contributed by atoms with E-state index in [9.17, 15) is 19.2 Å². The first-order valence-corrected chi connectivity index (χ1v) is 21.8. The average molecular weight is 887 g/mol. The number of benzene rings is 2. The van der Waals surface area contributed by atoms with Crippen LogP contribution < -0.4 is 20.1 Å². The van der Waals surface area contributed by atoms with Gasteiger partial charge in [-0.3, -0.25) is 9.59 Å². The van der Waals surface area contributed by atoms with Crippen LogP contribution in [0, 0.1) is 11.8 Å². The second-order valence-corrected chi connectivity index (χ2v) is 16.6. The van der Waals surface area contributed by atoms with Crippen molar-refractivity contribution < 1.29 is 47.6 Å². The lowest BCUT2D eigenvalue weighted by Gasteiger charge is -2.30. The fourth-order valence-electron chi connectivity index (χ4n) is 8.24. The van der Waals surface area contributed by atoms with Crippen molar-refractivity contribution in [3.05, 3.63) is 60.4 Å². The molecule has 4 N–H and O–H groups in total. The highest BCUT2D eigenvalue weighted by Crippen LogP contribution is 2.43. The number of carbonyl (C=O) groups is 4. The molecule has 0 spiro atoms. The molecule has 2 aliphatic heterocycles. The molecule has 18 heteroatoms. The van der Waals surface area contributed by atoms with Gasteiger partial charge in [0.1, 0.15) is 48.4 Å². The molecule has 4 amide bonds. The molecule has 0 aliphatic carbocycles. The van der Waals surface area contributed by atoms with Crippen molar-refractivity contribution in [2.45, 2.75) is 77.5 Å². The van der Waals surface area contributed by atoms with Gasteiger partial charge in [-0.2, -0.15) is 0 Å². The maximum atomic E-state index is 13.8. The van der Waals surface area contributed by atoms with E-state index in [2.05, 4.69) is 20.6 Å². The standard InChI is InChI=1S/C46H62N8O10/c1-27(2)39(51-45(57)61-7)43(55)53-17-9-11-34(53)41-47-25-32(49-41)29-13-15-30(16-14-29)38-36(63-21-19-59-5)23-31(24-37(38)64-22-20-60-6)33-26-48-42(50-33)35-12-10-18-54(35)44(56)40(28(3)4)52-46(58)62-8/h13-16,23-28,34-35,39-40H,9-12,17-22H2,1-8H3,(H,47,49)(H,48,50)(H,51,57)(H,52,58). The summed E-state index contributed by atoms with van der Waals surface area (Å²) >= 11 is 0. The summed E-state index contributed by atoms with van der Waals surface area (Å²) in [5, 5.41) is 5.40. The number of likely N-dealkylation sites (tertiary alicyclic amines) is 2. The van der Waals surface area contributed by atoms with Crippen LogP contribution in [0.4, 0.5) is 9.59 Å². The van der Waals surface area contributed by atoms with Gasteiger partial charge in [-0.15, -0.1) is 0 Å². The average Bonchev–Trinajstić information content (AvgIpc) is 4.14. The number of alkyl carbamates (subject to hydrolysis) is 2. The minimum Gasteiger partial charge on any atom is -0.490 e. The van der Waals surface area contributed by atoms with Crippen LogP contribution in [0.3, 0.4) is 0 Å². The first-order chi connectivity index (χ1) is 30.9. The zero-order valence-electron chi connectivity index (χ0n) is 38.0. The predicted molar refractivity (Wildman–Crippen MR) is 237 cm³/mol. The Labute approximate surface area is 374 Å².